The second-order valence-corrected chi connectivity index (χ2v) is 7.82. The van der Waals surface area contributed by atoms with Crippen molar-refractivity contribution in [1.82, 2.24) is 4.90 Å². The highest BCUT2D eigenvalue weighted by atomic mass is 32.2. The van der Waals surface area contributed by atoms with E-state index < -0.39 is 5.97 Å². The summed E-state index contributed by atoms with van der Waals surface area (Å²) in [6.07, 6.45) is 1.32. The van der Waals surface area contributed by atoms with Gasteiger partial charge in [-0.1, -0.05) is 38.1 Å². The molecule has 1 fully saturated rings. The van der Waals surface area contributed by atoms with E-state index in [2.05, 4.69) is 42.6 Å². The summed E-state index contributed by atoms with van der Waals surface area (Å²) in [6.45, 7) is 7.87. The van der Waals surface area contributed by atoms with Gasteiger partial charge < -0.3 is 5.11 Å². The first-order chi connectivity index (χ1) is 9.44. The second-order valence-electron chi connectivity index (χ2n) is 6.02. The van der Waals surface area contributed by atoms with Crippen LogP contribution in [0.25, 0.3) is 0 Å². The Balaban J connectivity index is 1.91. The first-order valence-electron chi connectivity index (χ1n) is 7.10. The van der Waals surface area contributed by atoms with Crippen LogP contribution in [0.5, 0.6) is 0 Å². The lowest BCUT2D eigenvalue weighted by molar-refractivity contribution is -0.136. The largest absolute Gasteiger partial charge is 0.481 e. The van der Waals surface area contributed by atoms with E-state index in [-0.39, 0.29) is 6.42 Å². The Morgan fingerprint density at radius 1 is 1.25 bits per heavy atom. The molecule has 20 heavy (non-hydrogen) atoms. The van der Waals surface area contributed by atoms with E-state index in [0.29, 0.717) is 4.75 Å². The highest BCUT2D eigenvalue weighted by Crippen LogP contribution is 2.31. The van der Waals surface area contributed by atoms with Gasteiger partial charge in [0.1, 0.15) is 0 Å². The zero-order valence-electron chi connectivity index (χ0n) is 12.3. The molecule has 1 N–H and O–H groups in total. The molecule has 3 nitrogen and oxygen atoms in total. The monoisotopic (exact) mass is 293 g/mol. The molecule has 0 spiro atoms. The van der Waals surface area contributed by atoms with Gasteiger partial charge in [0.25, 0.3) is 0 Å². The summed E-state index contributed by atoms with van der Waals surface area (Å²) in [5.41, 5.74) is 2.14. The van der Waals surface area contributed by atoms with Gasteiger partial charge in [-0.2, -0.15) is 11.8 Å². The lowest BCUT2D eigenvalue weighted by Crippen LogP contribution is -2.26. The van der Waals surface area contributed by atoms with Crippen LogP contribution in [0, 0.1) is 0 Å². The second kappa shape index (κ2) is 6.64. The highest BCUT2D eigenvalue weighted by Gasteiger charge is 2.23. The summed E-state index contributed by atoms with van der Waals surface area (Å²) in [6, 6.07) is 7.98. The van der Waals surface area contributed by atoms with Crippen LogP contribution in [0.3, 0.4) is 0 Å². The average molecular weight is 293 g/mol. The van der Waals surface area contributed by atoms with Crippen LogP contribution in [-0.4, -0.2) is 39.6 Å². The van der Waals surface area contributed by atoms with Crippen molar-refractivity contribution < 1.29 is 9.90 Å². The van der Waals surface area contributed by atoms with Crippen LogP contribution in [0.15, 0.2) is 24.3 Å². The molecule has 4 heteroatoms. The molecule has 0 saturated carbocycles. The predicted molar refractivity (Wildman–Crippen MR) is 84.2 cm³/mol. The molecule has 1 aromatic carbocycles. The number of nitrogens with zero attached hydrogens (tertiary/aromatic N) is 1. The Bertz CT molecular complexity index is 456. The van der Waals surface area contributed by atoms with Crippen molar-refractivity contribution >= 4 is 17.7 Å². The fourth-order valence-electron chi connectivity index (χ4n) is 2.42. The zero-order chi connectivity index (χ0) is 14.6. The molecular weight excluding hydrogens is 270 g/mol. The van der Waals surface area contributed by atoms with Gasteiger partial charge in [-0.15, -0.1) is 0 Å². The minimum absolute atomic E-state index is 0.106. The van der Waals surface area contributed by atoms with E-state index in [1.165, 1.54) is 17.7 Å². The molecule has 0 amide bonds. The molecule has 1 saturated heterocycles. The lowest BCUT2D eigenvalue weighted by atomic mass is 10.1. The summed E-state index contributed by atoms with van der Waals surface area (Å²) < 4.78 is 0.389. The third kappa shape index (κ3) is 4.84. The number of carboxylic acids is 1. The van der Waals surface area contributed by atoms with Crippen molar-refractivity contribution in [3.63, 3.8) is 0 Å². The first-order valence-corrected chi connectivity index (χ1v) is 8.09. The van der Waals surface area contributed by atoms with Crippen molar-refractivity contribution in [1.29, 1.82) is 0 Å². The summed E-state index contributed by atoms with van der Waals surface area (Å²) in [7, 11) is 0. The standard InChI is InChI=1S/C16H23NO2S/c1-16(2)7-8-17(9-10-20-16)12-14-5-3-13(4-6-14)11-15(18)19/h3-6H,7-12H2,1-2H3,(H,18,19). The lowest BCUT2D eigenvalue weighted by Gasteiger charge is -2.22. The zero-order valence-corrected chi connectivity index (χ0v) is 13.1. The van der Waals surface area contributed by atoms with Crippen LogP contribution < -0.4 is 0 Å². The SMILES string of the molecule is CC1(C)CCN(Cc2ccc(CC(=O)O)cc2)CCS1. The Kier molecular flexibility index (Phi) is 5.11. The number of thioether (sulfide) groups is 1. The van der Waals surface area contributed by atoms with Crippen molar-refractivity contribution in [3.05, 3.63) is 35.4 Å². The van der Waals surface area contributed by atoms with E-state index in [1.807, 2.05) is 12.1 Å². The maximum Gasteiger partial charge on any atom is 0.307 e. The van der Waals surface area contributed by atoms with Gasteiger partial charge >= 0.3 is 5.97 Å². The maximum absolute atomic E-state index is 10.7. The van der Waals surface area contributed by atoms with Gasteiger partial charge in [-0.3, -0.25) is 9.69 Å². The Morgan fingerprint density at radius 3 is 2.55 bits per heavy atom. The third-order valence-electron chi connectivity index (χ3n) is 3.71. The molecule has 0 radical (unpaired) electrons. The smallest absolute Gasteiger partial charge is 0.307 e. The van der Waals surface area contributed by atoms with Crippen LogP contribution in [-0.2, 0) is 17.8 Å². The van der Waals surface area contributed by atoms with E-state index in [0.717, 1.165) is 25.2 Å². The van der Waals surface area contributed by atoms with Crippen LogP contribution in [0.1, 0.15) is 31.4 Å². The van der Waals surface area contributed by atoms with Crippen molar-refractivity contribution in [2.45, 2.75) is 38.0 Å². The van der Waals surface area contributed by atoms with Gasteiger partial charge in [0.15, 0.2) is 0 Å². The highest BCUT2D eigenvalue weighted by molar-refractivity contribution is 8.00. The number of benzene rings is 1. The van der Waals surface area contributed by atoms with E-state index in [1.54, 1.807) is 0 Å². The summed E-state index contributed by atoms with van der Waals surface area (Å²) in [4.78, 5) is 13.2. The molecule has 1 aliphatic heterocycles. The summed E-state index contributed by atoms with van der Waals surface area (Å²) >= 11 is 2.06. The van der Waals surface area contributed by atoms with Gasteiger partial charge in [0.2, 0.25) is 0 Å². The van der Waals surface area contributed by atoms with Crippen LogP contribution >= 0.6 is 11.8 Å². The average Bonchev–Trinajstić information content (AvgIpc) is 2.53. The van der Waals surface area contributed by atoms with E-state index >= 15 is 0 Å². The Hall–Kier alpha value is -1.00. The molecule has 2 rings (SSSR count). The number of aliphatic carboxylic acids is 1. The number of hydrogen-bond acceptors (Lipinski definition) is 3. The minimum atomic E-state index is -0.774. The predicted octanol–water partition coefficient (Wildman–Crippen LogP) is 3.03. The molecule has 1 aromatic rings. The Labute approximate surface area is 125 Å². The van der Waals surface area contributed by atoms with Crippen molar-refractivity contribution in [3.8, 4) is 0 Å². The number of carboxylic acid groups (broad SMARTS) is 1. The van der Waals surface area contributed by atoms with Gasteiger partial charge in [0.05, 0.1) is 6.42 Å². The first kappa shape index (κ1) is 15.4. The summed E-state index contributed by atoms with van der Waals surface area (Å²) in [5.74, 6) is 0.411. The van der Waals surface area contributed by atoms with Gasteiger partial charge in [-0.05, 0) is 24.1 Å². The molecule has 110 valence electrons. The molecule has 0 bridgehead atoms. The molecule has 1 heterocycles. The summed E-state index contributed by atoms with van der Waals surface area (Å²) in [5, 5.41) is 8.77. The van der Waals surface area contributed by atoms with Crippen LogP contribution in [0.4, 0.5) is 0 Å². The quantitative estimate of drug-likeness (QED) is 0.926. The Morgan fingerprint density at radius 2 is 1.90 bits per heavy atom. The minimum Gasteiger partial charge on any atom is -0.481 e. The fraction of sp³-hybridized carbons (Fsp3) is 0.562. The molecule has 0 aliphatic carbocycles. The number of hydrogen-bond donors (Lipinski definition) is 1. The van der Waals surface area contributed by atoms with Gasteiger partial charge in [-0.25, -0.2) is 0 Å². The van der Waals surface area contributed by atoms with Gasteiger partial charge in [0, 0.05) is 23.6 Å². The van der Waals surface area contributed by atoms with E-state index in [4.69, 9.17) is 5.11 Å². The molecule has 0 atom stereocenters. The number of rotatable bonds is 4. The molecule has 0 aromatic heterocycles. The van der Waals surface area contributed by atoms with Crippen molar-refractivity contribution in [2.24, 2.45) is 0 Å². The van der Waals surface area contributed by atoms with E-state index in [9.17, 15) is 4.79 Å². The molecule has 1 aliphatic rings. The number of carbonyl (C=O) groups is 1. The maximum atomic E-state index is 10.7. The molecule has 0 unspecified atom stereocenters. The topological polar surface area (TPSA) is 40.5 Å². The molecular formula is C16H23NO2S. The fourth-order valence-corrected chi connectivity index (χ4v) is 3.55. The third-order valence-corrected chi connectivity index (χ3v) is 5.09. The normalized spacial score (nSPS) is 19.5. The van der Waals surface area contributed by atoms with Crippen molar-refractivity contribution in [2.75, 3.05) is 18.8 Å². The van der Waals surface area contributed by atoms with Crippen LogP contribution in [0.2, 0.25) is 0 Å².